The Morgan fingerprint density at radius 2 is 2.19 bits per heavy atom. The van der Waals surface area contributed by atoms with Crippen LogP contribution in [0.1, 0.15) is 40.5 Å². The van der Waals surface area contributed by atoms with Crippen LogP contribution in [0.25, 0.3) is 17.6 Å². The maximum Gasteiger partial charge on any atom is 0.291 e. The van der Waals surface area contributed by atoms with Crippen LogP contribution in [0.3, 0.4) is 0 Å². The molecule has 3 aromatic heterocycles. The van der Waals surface area contributed by atoms with E-state index in [1.165, 1.54) is 12.8 Å². The third-order valence-corrected chi connectivity index (χ3v) is 5.23. The van der Waals surface area contributed by atoms with Gasteiger partial charge in [-0.3, -0.25) is 14.8 Å². The van der Waals surface area contributed by atoms with Crippen LogP contribution >= 0.6 is 0 Å². The summed E-state index contributed by atoms with van der Waals surface area (Å²) in [4.78, 5) is 22.8. The number of nitrogens with zero attached hydrogens (tertiary/aromatic N) is 3. The molecule has 1 saturated heterocycles. The lowest BCUT2D eigenvalue weighted by Gasteiger charge is -2.11. The lowest BCUT2D eigenvalue weighted by Crippen LogP contribution is -2.18. The Bertz CT molecular complexity index is 1100. The third kappa shape index (κ3) is 4.61. The van der Waals surface area contributed by atoms with Gasteiger partial charge in [-0.2, -0.15) is 5.10 Å². The zero-order chi connectivity index (χ0) is 21.8. The number of allylic oxidation sites excluding steroid dienone is 1. The third-order valence-electron chi connectivity index (χ3n) is 5.23. The van der Waals surface area contributed by atoms with Crippen molar-refractivity contribution in [2.75, 3.05) is 25.5 Å². The summed E-state index contributed by atoms with van der Waals surface area (Å²) in [7, 11) is 1.57. The van der Waals surface area contributed by atoms with Crippen LogP contribution < -0.4 is 5.32 Å². The largest absolute Gasteiger partial charge is 0.497 e. The molecule has 1 aliphatic rings. The average Bonchev–Trinajstić information content (AvgIpc) is 3.55. The predicted octanol–water partition coefficient (Wildman–Crippen LogP) is 3.72. The first-order valence-electron chi connectivity index (χ1n) is 10.2. The van der Waals surface area contributed by atoms with E-state index in [-0.39, 0.29) is 11.7 Å². The van der Waals surface area contributed by atoms with Crippen molar-refractivity contribution in [1.29, 1.82) is 0 Å². The molecule has 9 heteroatoms. The van der Waals surface area contributed by atoms with Gasteiger partial charge in [0.15, 0.2) is 11.6 Å². The molecule has 4 rings (SSSR count). The molecular weight excluding hydrogens is 396 g/mol. The Kier molecular flexibility index (Phi) is 6.03. The zero-order valence-electron chi connectivity index (χ0n) is 17.7. The lowest BCUT2D eigenvalue weighted by molar-refractivity contribution is 0.0993. The van der Waals surface area contributed by atoms with Gasteiger partial charge in [-0.15, -0.1) is 0 Å². The number of hydrogen-bond acceptors (Lipinski definition) is 6. The van der Waals surface area contributed by atoms with Crippen molar-refractivity contribution in [3.63, 3.8) is 0 Å². The molecule has 1 amide bonds. The van der Waals surface area contributed by atoms with Crippen LogP contribution in [-0.4, -0.2) is 51.2 Å². The van der Waals surface area contributed by atoms with E-state index in [2.05, 4.69) is 37.0 Å². The van der Waals surface area contributed by atoms with Gasteiger partial charge in [0.25, 0.3) is 5.91 Å². The van der Waals surface area contributed by atoms with Crippen LogP contribution in [0.5, 0.6) is 0 Å². The molecule has 3 aromatic rings. The number of nitrogens with one attached hydrogen (secondary N) is 3. The van der Waals surface area contributed by atoms with E-state index < -0.39 is 0 Å². The van der Waals surface area contributed by atoms with E-state index in [0.717, 1.165) is 31.1 Å². The van der Waals surface area contributed by atoms with Gasteiger partial charge >= 0.3 is 0 Å². The number of amides is 1. The number of hydrogen-bond donors (Lipinski definition) is 3. The summed E-state index contributed by atoms with van der Waals surface area (Å²) in [5.74, 6) is 1.85. The molecule has 0 unspecified atom stereocenters. The zero-order valence-corrected chi connectivity index (χ0v) is 17.7. The fourth-order valence-corrected chi connectivity index (χ4v) is 3.56. The molecule has 0 radical (unpaired) electrons. The van der Waals surface area contributed by atoms with Crippen LogP contribution in [0, 0.1) is 6.92 Å². The maximum absolute atomic E-state index is 12.7. The molecule has 0 spiro atoms. The molecule has 31 heavy (non-hydrogen) atoms. The minimum absolute atomic E-state index is 0.260. The van der Waals surface area contributed by atoms with E-state index >= 15 is 0 Å². The highest BCUT2D eigenvalue weighted by molar-refractivity contribution is 6.03. The average molecular weight is 422 g/mol. The van der Waals surface area contributed by atoms with Gasteiger partial charge in [-0.1, -0.05) is 6.58 Å². The highest BCUT2D eigenvalue weighted by Gasteiger charge is 2.19. The summed E-state index contributed by atoms with van der Waals surface area (Å²) in [5.41, 5.74) is 2.62. The number of ether oxygens (including phenoxy) is 1. The predicted molar refractivity (Wildman–Crippen MR) is 117 cm³/mol. The van der Waals surface area contributed by atoms with Crippen molar-refractivity contribution in [1.82, 2.24) is 25.1 Å². The number of carbonyl (C=O) groups is 1. The number of aryl methyl sites for hydroxylation is 1. The van der Waals surface area contributed by atoms with Crippen LogP contribution in [0.15, 0.2) is 41.2 Å². The van der Waals surface area contributed by atoms with Crippen molar-refractivity contribution in [3.05, 3.63) is 59.7 Å². The van der Waals surface area contributed by atoms with E-state index in [1.807, 2.05) is 13.0 Å². The number of imidazole rings is 1. The summed E-state index contributed by atoms with van der Waals surface area (Å²) in [6, 6.07) is 3.55. The van der Waals surface area contributed by atoms with Crippen molar-refractivity contribution in [3.8, 4) is 11.5 Å². The summed E-state index contributed by atoms with van der Waals surface area (Å²) < 4.78 is 11.0. The Balaban J connectivity index is 1.49. The minimum atomic E-state index is -0.341. The Labute approximate surface area is 180 Å². The molecule has 0 aliphatic carbocycles. The van der Waals surface area contributed by atoms with Gasteiger partial charge in [0.05, 0.1) is 31.2 Å². The first-order valence-corrected chi connectivity index (χ1v) is 10.2. The molecule has 1 fully saturated rings. The lowest BCUT2D eigenvalue weighted by atomic mass is 10.3. The van der Waals surface area contributed by atoms with Crippen molar-refractivity contribution in [2.24, 2.45) is 0 Å². The second kappa shape index (κ2) is 9.05. The van der Waals surface area contributed by atoms with Crippen LogP contribution in [0.4, 0.5) is 5.69 Å². The first kappa shape index (κ1) is 20.7. The van der Waals surface area contributed by atoms with Gasteiger partial charge in [-0.25, -0.2) is 4.98 Å². The highest BCUT2D eigenvalue weighted by atomic mass is 16.5. The number of H-pyrrole nitrogens is 2. The Morgan fingerprint density at radius 1 is 1.39 bits per heavy atom. The van der Waals surface area contributed by atoms with E-state index in [4.69, 9.17) is 9.15 Å². The molecule has 4 heterocycles. The van der Waals surface area contributed by atoms with Crippen molar-refractivity contribution < 1.29 is 13.9 Å². The molecule has 0 atom stereocenters. The number of furan rings is 1. The Hall–Kier alpha value is -3.59. The monoisotopic (exact) mass is 422 g/mol. The molecular formula is C22H26N6O3. The molecule has 162 valence electrons. The summed E-state index contributed by atoms with van der Waals surface area (Å²) >= 11 is 0. The summed E-state index contributed by atoms with van der Waals surface area (Å²) in [6.45, 7) is 8.47. The first-order chi connectivity index (χ1) is 15.1. The van der Waals surface area contributed by atoms with Gasteiger partial charge in [0.1, 0.15) is 17.2 Å². The van der Waals surface area contributed by atoms with Crippen LogP contribution in [-0.2, 0) is 11.3 Å². The van der Waals surface area contributed by atoms with Crippen molar-refractivity contribution >= 4 is 17.7 Å². The van der Waals surface area contributed by atoms with E-state index in [0.29, 0.717) is 28.7 Å². The molecule has 1 aliphatic heterocycles. The quantitative estimate of drug-likeness (QED) is 0.377. The number of carbonyl (C=O) groups excluding carboxylic acids is 1. The van der Waals surface area contributed by atoms with Crippen molar-refractivity contribution in [2.45, 2.75) is 26.3 Å². The Morgan fingerprint density at radius 3 is 2.94 bits per heavy atom. The van der Waals surface area contributed by atoms with Gasteiger partial charge in [-0.05, 0) is 51.1 Å². The number of likely N-dealkylation sites (tertiary alicyclic amines) is 1. The maximum atomic E-state index is 12.7. The number of anilines is 1. The van der Waals surface area contributed by atoms with Crippen LogP contribution in [0.2, 0.25) is 0 Å². The highest BCUT2D eigenvalue weighted by Crippen LogP contribution is 2.26. The van der Waals surface area contributed by atoms with E-state index in [1.54, 1.807) is 31.5 Å². The number of aromatic nitrogens is 4. The smallest absolute Gasteiger partial charge is 0.291 e. The molecule has 0 aromatic carbocycles. The molecule has 9 nitrogen and oxygen atoms in total. The molecule has 3 N–H and O–H groups in total. The minimum Gasteiger partial charge on any atom is -0.497 e. The number of rotatable bonds is 8. The SMILES string of the molecule is C=C/C(=C\c1nc(-c2[nH]ncc2NC(=O)c2ccc(CN3CCCC3)o2)[nH]c1C)OC. The van der Waals surface area contributed by atoms with Gasteiger partial charge in [0.2, 0.25) is 0 Å². The summed E-state index contributed by atoms with van der Waals surface area (Å²) in [6.07, 6.45) is 7.35. The molecule has 0 saturated carbocycles. The fourth-order valence-electron chi connectivity index (χ4n) is 3.56. The van der Waals surface area contributed by atoms with Gasteiger partial charge in [0, 0.05) is 11.8 Å². The normalized spacial score (nSPS) is 14.7. The number of aromatic amines is 2. The van der Waals surface area contributed by atoms with E-state index in [9.17, 15) is 4.79 Å². The molecule has 0 bridgehead atoms. The fraction of sp³-hybridized carbons (Fsp3) is 0.318. The second-order valence-electron chi connectivity index (χ2n) is 7.41. The van der Waals surface area contributed by atoms with Gasteiger partial charge < -0.3 is 19.5 Å². The standard InChI is InChI=1S/C22H26N6O3/c1-4-15(30-3)11-17-14(2)24-21(25-17)20-18(12-23-27-20)26-22(29)19-8-7-16(31-19)13-28-9-5-6-10-28/h4,7-8,11-12H,1,5-6,9-10,13H2,2-3H3,(H,23,27)(H,24,25)(H,26,29)/b15-11+. The number of methoxy groups -OCH3 is 1. The topological polar surface area (TPSA) is 112 Å². The second-order valence-corrected chi connectivity index (χ2v) is 7.41. The summed E-state index contributed by atoms with van der Waals surface area (Å²) in [5, 5.41) is 9.79.